The SMILES string of the molecule is CC(C)Oc1cccc2c1COC2. The summed E-state index contributed by atoms with van der Waals surface area (Å²) in [7, 11) is 0. The third kappa shape index (κ3) is 1.68. The van der Waals surface area contributed by atoms with Crippen LogP contribution in [0.2, 0.25) is 0 Å². The molecule has 70 valence electrons. The lowest BCUT2D eigenvalue weighted by atomic mass is 10.1. The molecule has 0 aromatic heterocycles. The van der Waals surface area contributed by atoms with Crippen LogP contribution in [-0.2, 0) is 18.0 Å². The monoisotopic (exact) mass is 178 g/mol. The van der Waals surface area contributed by atoms with Crippen LogP contribution in [0.1, 0.15) is 25.0 Å². The summed E-state index contributed by atoms with van der Waals surface area (Å²) in [4.78, 5) is 0. The zero-order valence-electron chi connectivity index (χ0n) is 8.04. The first kappa shape index (κ1) is 8.57. The topological polar surface area (TPSA) is 18.5 Å². The highest BCUT2D eigenvalue weighted by Crippen LogP contribution is 2.29. The maximum absolute atomic E-state index is 5.68. The molecule has 1 heterocycles. The molecule has 1 aliphatic heterocycles. The lowest BCUT2D eigenvalue weighted by Gasteiger charge is -2.12. The molecule has 1 aromatic carbocycles. The van der Waals surface area contributed by atoms with Gasteiger partial charge in [-0.2, -0.15) is 0 Å². The molecule has 0 bridgehead atoms. The van der Waals surface area contributed by atoms with Gasteiger partial charge in [-0.15, -0.1) is 0 Å². The van der Waals surface area contributed by atoms with Crippen molar-refractivity contribution in [1.82, 2.24) is 0 Å². The molecule has 0 saturated heterocycles. The molecule has 0 N–H and O–H groups in total. The summed E-state index contributed by atoms with van der Waals surface area (Å²) in [6, 6.07) is 6.12. The first-order chi connectivity index (χ1) is 6.27. The number of fused-ring (bicyclic) bond motifs is 1. The first-order valence-electron chi connectivity index (χ1n) is 4.62. The van der Waals surface area contributed by atoms with E-state index in [1.54, 1.807) is 0 Å². The van der Waals surface area contributed by atoms with E-state index in [4.69, 9.17) is 9.47 Å². The van der Waals surface area contributed by atoms with E-state index in [2.05, 4.69) is 6.07 Å². The summed E-state index contributed by atoms with van der Waals surface area (Å²) >= 11 is 0. The van der Waals surface area contributed by atoms with Gasteiger partial charge in [-0.25, -0.2) is 0 Å². The normalized spacial score (nSPS) is 14.7. The lowest BCUT2D eigenvalue weighted by molar-refractivity contribution is 0.132. The van der Waals surface area contributed by atoms with Crippen LogP contribution in [0.4, 0.5) is 0 Å². The smallest absolute Gasteiger partial charge is 0.125 e. The highest BCUT2D eigenvalue weighted by atomic mass is 16.5. The molecule has 0 unspecified atom stereocenters. The average molecular weight is 178 g/mol. The third-order valence-electron chi connectivity index (χ3n) is 2.10. The summed E-state index contributed by atoms with van der Waals surface area (Å²) in [5.74, 6) is 0.977. The number of rotatable bonds is 2. The van der Waals surface area contributed by atoms with Crippen LogP contribution in [0.5, 0.6) is 5.75 Å². The zero-order chi connectivity index (χ0) is 9.26. The molecule has 0 saturated carbocycles. The molecule has 1 aliphatic rings. The Kier molecular flexibility index (Phi) is 2.23. The molecule has 0 radical (unpaired) electrons. The van der Waals surface area contributed by atoms with Crippen molar-refractivity contribution in [3.05, 3.63) is 29.3 Å². The molecular weight excluding hydrogens is 164 g/mol. The second-order valence-corrected chi connectivity index (χ2v) is 3.55. The third-order valence-corrected chi connectivity index (χ3v) is 2.10. The molecule has 1 aromatic rings. The Hall–Kier alpha value is -1.02. The van der Waals surface area contributed by atoms with E-state index in [1.807, 2.05) is 26.0 Å². The molecule has 0 atom stereocenters. The van der Waals surface area contributed by atoms with E-state index in [0.29, 0.717) is 6.61 Å². The minimum atomic E-state index is 0.229. The van der Waals surface area contributed by atoms with Gasteiger partial charge in [0.15, 0.2) is 0 Å². The minimum Gasteiger partial charge on any atom is -0.491 e. The molecule has 0 fully saturated rings. The van der Waals surface area contributed by atoms with Crippen LogP contribution in [0.3, 0.4) is 0 Å². The minimum absolute atomic E-state index is 0.229. The summed E-state index contributed by atoms with van der Waals surface area (Å²) in [5.41, 5.74) is 2.48. The van der Waals surface area contributed by atoms with Crippen molar-refractivity contribution in [2.75, 3.05) is 0 Å². The standard InChI is InChI=1S/C11H14O2/c1-8(2)13-11-5-3-4-9-6-12-7-10(9)11/h3-5,8H,6-7H2,1-2H3. The Labute approximate surface area is 78.5 Å². The van der Waals surface area contributed by atoms with Gasteiger partial charge in [0.25, 0.3) is 0 Å². The Morgan fingerprint density at radius 1 is 1.31 bits per heavy atom. The van der Waals surface area contributed by atoms with E-state index in [-0.39, 0.29) is 6.10 Å². The number of benzene rings is 1. The first-order valence-corrected chi connectivity index (χ1v) is 4.62. The van der Waals surface area contributed by atoms with Crippen molar-refractivity contribution in [2.45, 2.75) is 33.2 Å². The number of hydrogen-bond acceptors (Lipinski definition) is 2. The van der Waals surface area contributed by atoms with Crippen molar-refractivity contribution in [1.29, 1.82) is 0 Å². The largest absolute Gasteiger partial charge is 0.491 e. The van der Waals surface area contributed by atoms with Crippen molar-refractivity contribution < 1.29 is 9.47 Å². The predicted octanol–water partition coefficient (Wildman–Crippen LogP) is 2.50. The lowest BCUT2D eigenvalue weighted by Crippen LogP contribution is -2.07. The van der Waals surface area contributed by atoms with Gasteiger partial charge in [0.2, 0.25) is 0 Å². The molecule has 0 aliphatic carbocycles. The fourth-order valence-electron chi connectivity index (χ4n) is 1.54. The Balaban J connectivity index is 2.30. The van der Waals surface area contributed by atoms with Crippen LogP contribution < -0.4 is 4.74 Å². The molecular formula is C11H14O2. The zero-order valence-corrected chi connectivity index (χ0v) is 8.04. The van der Waals surface area contributed by atoms with Crippen LogP contribution in [-0.4, -0.2) is 6.10 Å². The second-order valence-electron chi connectivity index (χ2n) is 3.55. The number of hydrogen-bond donors (Lipinski definition) is 0. The van der Waals surface area contributed by atoms with Gasteiger partial charge in [0.05, 0.1) is 19.3 Å². The Bertz CT molecular complexity index is 305. The van der Waals surface area contributed by atoms with E-state index in [0.717, 1.165) is 12.4 Å². The summed E-state index contributed by atoms with van der Waals surface area (Å²) < 4.78 is 11.0. The highest BCUT2D eigenvalue weighted by Gasteiger charge is 2.15. The Morgan fingerprint density at radius 2 is 2.15 bits per heavy atom. The van der Waals surface area contributed by atoms with Gasteiger partial charge in [-0.1, -0.05) is 12.1 Å². The summed E-state index contributed by atoms with van der Waals surface area (Å²) in [6.07, 6.45) is 0.229. The van der Waals surface area contributed by atoms with E-state index < -0.39 is 0 Å². The Morgan fingerprint density at radius 3 is 2.92 bits per heavy atom. The van der Waals surface area contributed by atoms with Crippen LogP contribution in [0.15, 0.2) is 18.2 Å². The molecule has 0 amide bonds. The molecule has 2 rings (SSSR count). The van der Waals surface area contributed by atoms with Gasteiger partial charge in [0, 0.05) is 5.56 Å². The van der Waals surface area contributed by atoms with Crippen molar-refractivity contribution >= 4 is 0 Å². The predicted molar refractivity (Wildman–Crippen MR) is 50.7 cm³/mol. The van der Waals surface area contributed by atoms with Crippen LogP contribution in [0, 0.1) is 0 Å². The quantitative estimate of drug-likeness (QED) is 0.692. The van der Waals surface area contributed by atoms with Crippen LogP contribution in [0.25, 0.3) is 0 Å². The maximum Gasteiger partial charge on any atom is 0.125 e. The fraction of sp³-hybridized carbons (Fsp3) is 0.455. The fourth-order valence-corrected chi connectivity index (χ4v) is 1.54. The van der Waals surface area contributed by atoms with Crippen molar-refractivity contribution in [3.8, 4) is 5.75 Å². The van der Waals surface area contributed by atoms with E-state index >= 15 is 0 Å². The van der Waals surface area contributed by atoms with Gasteiger partial charge < -0.3 is 9.47 Å². The van der Waals surface area contributed by atoms with Gasteiger partial charge >= 0.3 is 0 Å². The maximum atomic E-state index is 5.68. The average Bonchev–Trinajstić information content (AvgIpc) is 2.51. The van der Waals surface area contributed by atoms with Gasteiger partial charge in [-0.05, 0) is 25.5 Å². The molecule has 2 heteroatoms. The number of ether oxygens (including phenoxy) is 2. The highest BCUT2D eigenvalue weighted by molar-refractivity contribution is 5.41. The summed E-state index contributed by atoms with van der Waals surface area (Å²) in [5, 5.41) is 0. The van der Waals surface area contributed by atoms with Gasteiger partial charge in [0.1, 0.15) is 5.75 Å². The molecule has 13 heavy (non-hydrogen) atoms. The van der Waals surface area contributed by atoms with E-state index in [1.165, 1.54) is 11.1 Å². The molecule has 0 spiro atoms. The van der Waals surface area contributed by atoms with Crippen molar-refractivity contribution in [2.24, 2.45) is 0 Å². The van der Waals surface area contributed by atoms with Gasteiger partial charge in [-0.3, -0.25) is 0 Å². The van der Waals surface area contributed by atoms with Crippen LogP contribution >= 0.6 is 0 Å². The summed E-state index contributed by atoms with van der Waals surface area (Å²) in [6.45, 7) is 5.49. The van der Waals surface area contributed by atoms with Crippen molar-refractivity contribution in [3.63, 3.8) is 0 Å². The second kappa shape index (κ2) is 3.38. The molecule has 2 nitrogen and oxygen atoms in total. The van der Waals surface area contributed by atoms with E-state index in [9.17, 15) is 0 Å².